The molecule has 0 saturated heterocycles. The Kier molecular flexibility index (Phi) is 6.49. The normalized spacial score (nSPS) is 13.9. The Morgan fingerprint density at radius 2 is 2.00 bits per heavy atom. The van der Waals surface area contributed by atoms with Gasteiger partial charge in [-0.25, -0.2) is 0 Å². The molecule has 0 fully saturated rings. The lowest BCUT2D eigenvalue weighted by molar-refractivity contribution is -0.139. The molecule has 2 heterocycles. The van der Waals surface area contributed by atoms with E-state index in [4.69, 9.17) is 9.15 Å². The Bertz CT molecular complexity index is 760. The van der Waals surface area contributed by atoms with Crippen LogP contribution in [0.15, 0.2) is 47.1 Å². The molecule has 0 radical (unpaired) electrons. The van der Waals surface area contributed by atoms with E-state index in [0.717, 1.165) is 24.4 Å². The number of fused-ring (bicyclic) bond motifs is 1. The van der Waals surface area contributed by atoms with Crippen molar-refractivity contribution in [2.24, 2.45) is 0 Å². The average molecular weight is 371 g/mol. The third-order valence-electron chi connectivity index (χ3n) is 4.64. The summed E-state index contributed by atoms with van der Waals surface area (Å²) in [6, 6.07) is 11.8. The molecule has 2 N–H and O–H groups in total. The van der Waals surface area contributed by atoms with Crippen molar-refractivity contribution in [2.45, 2.75) is 18.9 Å². The van der Waals surface area contributed by atoms with Gasteiger partial charge in [-0.05, 0) is 36.6 Å². The van der Waals surface area contributed by atoms with Crippen molar-refractivity contribution in [3.63, 3.8) is 0 Å². The van der Waals surface area contributed by atoms with Gasteiger partial charge in [-0.2, -0.15) is 0 Å². The standard InChI is InChI=1S/C20H25N3O4/c1-26-12-5-10-21-19(24)20(25)22-14-17(18-8-4-13-27-18)23-11-9-15-6-2-3-7-16(15)23/h2-4,6-8,13,17H,5,9-12,14H2,1H3,(H,21,24)(H,22,25)/t17-/m1/s1. The minimum atomic E-state index is -0.642. The number of nitrogens with one attached hydrogen (secondary N) is 2. The summed E-state index contributed by atoms with van der Waals surface area (Å²) in [5.41, 5.74) is 2.41. The number of rotatable bonds is 8. The first-order chi connectivity index (χ1) is 13.2. The van der Waals surface area contributed by atoms with Gasteiger partial charge in [-0.1, -0.05) is 18.2 Å². The first-order valence-corrected chi connectivity index (χ1v) is 9.13. The second-order valence-corrected chi connectivity index (χ2v) is 6.42. The summed E-state index contributed by atoms with van der Waals surface area (Å²) in [7, 11) is 1.60. The van der Waals surface area contributed by atoms with Crippen LogP contribution in [-0.4, -0.2) is 45.2 Å². The number of furan rings is 1. The molecule has 3 rings (SSSR count). The number of amides is 2. The largest absolute Gasteiger partial charge is 0.467 e. The van der Waals surface area contributed by atoms with Gasteiger partial charge in [0.25, 0.3) is 0 Å². The maximum Gasteiger partial charge on any atom is 0.309 e. The van der Waals surface area contributed by atoms with Gasteiger partial charge in [0.15, 0.2) is 0 Å². The van der Waals surface area contributed by atoms with E-state index in [9.17, 15) is 9.59 Å². The molecule has 1 aliphatic rings. The zero-order valence-electron chi connectivity index (χ0n) is 15.4. The number of benzene rings is 1. The molecular weight excluding hydrogens is 346 g/mol. The third kappa shape index (κ3) is 4.68. The fourth-order valence-electron chi connectivity index (χ4n) is 3.30. The summed E-state index contributed by atoms with van der Waals surface area (Å²) < 4.78 is 10.5. The van der Waals surface area contributed by atoms with Crippen LogP contribution in [0.1, 0.15) is 23.8 Å². The zero-order chi connectivity index (χ0) is 19.1. The highest BCUT2D eigenvalue weighted by Gasteiger charge is 2.29. The van der Waals surface area contributed by atoms with Crippen LogP contribution in [0, 0.1) is 0 Å². The predicted octanol–water partition coefficient (Wildman–Crippen LogP) is 1.65. The van der Waals surface area contributed by atoms with E-state index in [1.165, 1.54) is 5.56 Å². The van der Waals surface area contributed by atoms with Crippen LogP contribution < -0.4 is 15.5 Å². The Morgan fingerprint density at radius 1 is 1.19 bits per heavy atom. The molecule has 7 nitrogen and oxygen atoms in total. The summed E-state index contributed by atoms with van der Waals surface area (Å²) in [5.74, 6) is -0.518. The Hall–Kier alpha value is -2.80. The molecule has 0 saturated carbocycles. The van der Waals surface area contributed by atoms with Crippen molar-refractivity contribution in [3.8, 4) is 0 Å². The number of anilines is 1. The van der Waals surface area contributed by atoms with Crippen LogP contribution >= 0.6 is 0 Å². The Morgan fingerprint density at radius 3 is 2.78 bits per heavy atom. The highest BCUT2D eigenvalue weighted by molar-refractivity contribution is 6.35. The second kappa shape index (κ2) is 9.23. The number of hydrogen-bond donors (Lipinski definition) is 2. The van der Waals surface area contributed by atoms with Gasteiger partial charge in [0.1, 0.15) is 11.8 Å². The van der Waals surface area contributed by atoms with Crippen molar-refractivity contribution in [1.82, 2.24) is 10.6 Å². The minimum absolute atomic E-state index is 0.172. The van der Waals surface area contributed by atoms with Gasteiger partial charge in [-0.15, -0.1) is 0 Å². The molecule has 1 aromatic heterocycles. The summed E-state index contributed by atoms with van der Waals surface area (Å²) in [6.45, 7) is 2.06. The van der Waals surface area contributed by atoms with Crippen LogP contribution in [0.4, 0.5) is 5.69 Å². The quantitative estimate of drug-likeness (QED) is 0.545. The molecule has 144 valence electrons. The Balaban J connectivity index is 1.62. The molecule has 2 aromatic rings. The second-order valence-electron chi connectivity index (χ2n) is 6.42. The molecule has 0 aliphatic carbocycles. The van der Waals surface area contributed by atoms with Gasteiger partial charge in [0.2, 0.25) is 0 Å². The van der Waals surface area contributed by atoms with Crippen molar-refractivity contribution < 1.29 is 18.7 Å². The number of hydrogen-bond acceptors (Lipinski definition) is 5. The van der Waals surface area contributed by atoms with Crippen LogP contribution in [0.3, 0.4) is 0 Å². The smallest absolute Gasteiger partial charge is 0.309 e. The number of ether oxygens (including phenoxy) is 1. The van der Waals surface area contributed by atoms with Crippen molar-refractivity contribution in [1.29, 1.82) is 0 Å². The molecule has 2 amide bonds. The highest BCUT2D eigenvalue weighted by Crippen LogP contribution is 2.34. The van der Waals surface area contributed by atoms with Crippen LogP contribution in [0.2, 0.25) is 0 Å². The molecular formula is C20H25N3O4. The lowest BCUT2D eigenvalue weighted by Crippen LogP contribution is -2.44. The fraction of sp³-hybridized carbons (Fsp3) is 0.400. The summed E-state index contributed by atoms with van der Waals surface area (Å²) in [5, 5.41) is 5.33. The van der Waals surface area contributed by atoms with E-state index in [1.54, 1.807) is 13.4 Å². The molecule has 0 bridgehead atoms. The maximum absolute atomic E-state index is 12.1. The summed E-state index contributed by atoms with van der Waals surface area (Å²) >= 11 is 0. The van der Waals surface area contributed by atoms with E-state index in [1.807, 2.05) is 24.3 Å². The van der Waals surface area contributed by atoms with Gasteiger partial charge in [-0.3, -0.25) is 9.59 Å². The Labute approximate surface area is 158 Å². The molecule has 0 unspecified atom stereocenters. The van der Waals surface area contributed by atoms with E-state index in [-0.39, 0.29) is 12.6 Å². The molecule has 0 spiro atoms. The fourth-order valence-corrected chi connectivity index (χ4v) is 3.30. The van der Waals surface area contributed by atoms with Gasteiger partial charge < -0.3 is 24.7 Å². The van der Waals surface area contributed by atoms with E-state index in [2.05, 4.69) is 27.7 Å². The minimum Gasteiger partial charge on any atom is -0.467 e. The number of para-hydroxylation sites is 1. The van der Waals surface area contributed by atoms with Crippen LogP contribution in [0.5, 0.6) is 0 Å². The summed E-state index contributed by atoms with van der Waals surface area (Å²) in [6.07, 6.45) is 3.23. The maximum atomic E-state index is 12.1. The predicted molar refractivity (Wildman–Crippen MR) is 101 cm³/mol. The van der Waals surface area contributed by atoms with E-state index >= 15 is 0 Å². The first-order valence-electron chi connectivity index (χ1n) is 9.13. The molecule has 1 atom stereocenters. The number of nitrogens with zero attached hydrogens (tertiary/aromatic N) is 1. The van der Waals surface area contributed by atoms with Gasteiger partial charge in [0.05, 0.1) is 6.26 Å². The molecule has 27 heavy (non-hydrogen) atoms. The topological polar surface area (TPSA) is 83.8 Å². The lowest BCUT2D eigenvalue weighted by Gasteiger charge is -2.29. The van der Waals surface area contributed by atoms with Gasteiger partial charge in [0, 0.05) is 39.0 Å². The van der Waals surface area contributed by atoms with E-state index < -0.39 is 11.8 Å². The number of methoxy groups -OCH3 is 1. The van der Waals surface area contributed by atoms with Crippen LogP contribution in [-0.2, 0) is 20.7 Å². The molecule has 1 aromatic carbocycles. The SMILES string of the molecule is COCCCNC(=O)C(=O)NC[C@H](c1ccco1)N1CCc2ccccc21. The lowest BCUT2D eigenvalue weighted by atomic mass is 10.1. The third-order valence-corrected chi connectivity index (χ3v) is 4.64. The number of carbonyl (C=O) groups is 2. The molecule has 1 aliphatic heterocycles. The van der Waals surface area contributed by atoms with Crippen molar-refractivity contribution in [3.05, 3.63) is 54.0 Å². The van der Waals surface area contributed by atoms with E-state index in [0.29, 0.717) is 19.6 Å². The van der Waals surface area contributed by atoms with Gasteiger partial charge >= 0.3 is 11.8 Å². The first kappa shape index (κ1) is 19.0. The number of carbonyl (C=O) groups excluding carboxylic acids is 2. The van der Waals surface area contributed by atoms with Crippen molar-refractivity contribution >= 4 is 17.5 Å². The molecule has 7 heteroatoms. The highest BCUT2D eigenvalue weighted by atomic mass is 16.5. The van der Waals surface area contributed by atoms with Crippen molar-refractivity contribution in [2.75, 3.05) is 38.3 Å². The monoisotopic (exact) mass is 371 g/mol. The zero-order valence-corrected chi connectivity index (χ0v) is 15.4. The summed E-state index contributed by atoms with van der Waals surface area (Å²) in [4.78, 5) is 26.3. The van der Waals surface area contributed by atoms with Crippen LogP contribution in [0.25, 0.3) is 0 Å². The average Bonchev–Trinajstić information content (AvgIpc) is 3.36.